The Bertz CT molecular complexity index is 391. The standard InChI is InChI=1S/C12H18ClN3O/c1-3-16(4-2)11(17)8-15-10-7-5-6-9(13)12(10)14/h5-7,15H,3-4,8,14H2,1-2H3. The average Bonchev–Trinajstić information content (AvgIpc) is 2.32. The lowest BCUT2D eigenvalue weighted by atomic mass is 10.2. The SMILES string of the molecule is CCN(CC)C(=O)CNc1cccc(Cl)c1N. The zero-order valence-electron chi connectivity index (χ0n) is 10.2. The molecule has 1 rings (SSSR count). The van der Waals surface area contributed by atoms with Gasteiger partial charge in [0.25, 0.3) is 0 Å². The molecule has 0 aliphatic rings. The van der Waals surface area contributed by atoms with Crippen LogP contribution in [-0.4, -0.2) is 30.4 Å². The molecule has 0 fully saturated rings. The van der Waals surface area contributed by atoms with E-state index in [1.54, 1.807) is 23.1 Å². The van der Waals surface area contributed by atoms with Crippen LogP contribution in [0.25, 0.3) is 0 Å². The van der Waals surface area contributed by atoms with Gasteiger partial charge in [-0.2, -0.15) is 0 Å². The van der Waals surface area contributed by atoms with Gasteiger partial charge in [0.15, 0.2) is 0 Å². The Kier molecular flexibility index (Phi) is 5.10. The quantitative estimate of drug-likeness (QED) is 0.793. The topological polar surface area (TPSA) is 58.4 Å². The number of nitrogens with two attached hydrogens (primary N) is 1. The summed E-state index contributed by atoms with van der Waals surface area (Å²) < 4.78 is 0. The Labute approximate surface area is 107 Å². The third kappa shape index (κ3) is 3.53. The number of nitrogen functional groups attached to an aromatic ring is 1. The highest BCUT2D eigenvalue weighted by atomic mass is 35.5. The molecule has 0 bridgehead atoms. The second-order valence-corrected chi connectivity index (χ2v) is 4.03. The van der Waals surface area contributed by atoms with E-state index in [9.17, 15) is 4.79 Å². The van der Waals surface area contributed by atoms with Crippen LogP contribution in [0, 0.1) is 0 Å². The number of benzene rings is 1. The van der Waals surface area contributed by atoms with Crippen molar-refractivity contribution in [2.75, 3.05) is 30.7 Å². The fraction of sp³-hybridized carbons (Fsp3) is 0.417. The molecule has 3 N–H and O–H groups in total. The summed E-state index contributed by atoms with van der Waals surface area (Å²) in [6, 6.07) is 5.31. The summed E-state index contributed by atoms with van der Waals surface area (Å²) in [7, 11) is 0. The molecule has 0 saturated carbocycles. The van der Waals surface area contributed by atoms with Crippen LogP contribution in [0.2, 0.25) is 5.02 Å². The molecule has 0 atom stereocenters. The van der Waals surface area contributed by atoms with Crippen molar-refractivity contribution in [2.45, 2.75) is 13.8 Å². The van der Waals surface area contributed by atoms with Crippen molar-refractivity contribution >= 4 is 28.9 Å². The van der Waals surface area contributed by atoms with E-state index in [2.05, 4.69) is 5.32 Å². The predicted molar refractivity (Wildman–Crippen MR) is 72.3 cm³/mol. The van der Waals surface area contributed by atoms with E-state index in [1.807, 2.05) is 13.8 Å². The van der Waals surface area contributed by atoms with Crippen LogP contribution < -0.4 is 11.1 Å². The second kappa shape index (κ2) is 6.35. The summed E-state index contributed by atoms with van der Waals surface area (Å²) in [4.78, 5) is 13.5. The van der Waals surface area contributed by atoms with E-state index in [4.69, 9.17) is 17.3 Å². The summed E-state index contributed by atoms with van der Waals surface area (Å²) in [6.45, 7) is 5.56. The van der Waals surface area contributed by atoms with E-state index in [0.29, 0.717) is 29.5 Å². The first kappa shape index (κ1) is 13.6. The van der Waals surface area contributed by atoms with E-state index < -0.39 is 0 Å². The maximum atomic E-state index is 11.8. The summed E-state index contributed by atoms with van der Waals surface area (Å²) in [6.07, 6.45) is 0. The van der Waals surface area contributed by atoms with Gasteiger partial charge in [-0.1, -0.05) is 17.7 Å². The lowest BCUT2D eigenvalue weighted by Gasteiger charge is -2.19. The lowest BCUT2D eigenvalue weighted by molar-refractivity contribution is -0.128. The van der Waals surface area contributed by atoms with Gasteiger partial charge in [0.05, 0.1) is 22.9 Å². The molecule has 4 nitrogen and oxygen atoms in total. The molecule has 0 aliphatic heterocycles. The summed E-state index contributed by atoms with van der Waals surface area (Å²) in [5.74, 6) is 0.0503. The molecule has 0 aliphatic carbocycles. The third-order valence-electron chi connectivity index (χ3n) is 2.60. The molecule has 94 valence electrons. The van der Waals surface area contributed by atoms with Crippen LogP contribution >= 0.6 is 11.6 Å². The van der Waals surface area contributed by atoms with Gasteiger partial charge in [-0.15, -0.1) is 0 Å². The number of rotatable bonds is 5. The van der Waals surface area contributed by atoms with Gasteiger partial charge in [-0.3, -0.25) is 4.79 Å². The molecule has 0 saturated heterocycles. The number of amides is 1. The molecule has 0 heterocycles. The molecule has 5 heteroatoms. The zero-order chi connectivity index (χ0) is 12.8. The number of nitrogens with zero attached hydrogens (tertiary/aromatic N) is 1. The van der Waals surface area contributed by atoms with E-state index >= 15 is 0 Å². The van der Waals surface area contributed by atoms with Crippen LogP contribution in [0.5, 0.6) is 0 Å². The number of anilines is 2. The minimum atomic E-state index is 0.0503. The van der Waals surface area contributed by atoms with Crippen LogP contribution in [-0.2, 0) is 4.79 Å². The fourth-order valence-electron chi connectivity index (χ4n) is 1.55. The highest BCUT2D eigenvalue weighted by molar-refractivity contribution is 6.33. The maximum absolute atomic E-state index is 11.8. The molecule has 1 aromatic rings. The lowest BCUT2D eigenvalue weighted by Crippen LogP contribution is -2.35. The largest absolute Gasteiger partial charge is 0.396 e. The molecule has 0 unspecified atom stereocenters. The van der Waals surface area contributed by atoms with Gasteiger partial charge in [-0.05, 0) is 26.0 Å². The van der Waals surface area contributed by atoms with E-state index in [1.165, 1.54) is 0 Å². The number of para-hydroxylation sites is 1. The predicted octanol–water partition coefficient (Wildman–Crippen LogP) is 2.20. The Morgan fingerprint density at radius 1 is 1.41 bits per heavy atom. The molecule has 0 spiro atoms. The van der Waals surface area contributed by atoms with Crippen molar-refractivity contribution in [1.29, 1.82) is 0 Å². The zero-order valence-corrected chi connectivity index (χ0v) is 10.9. The molecule has 0 aromatic heterocycles. The molecular formula is C12H18ClN3O. The van der Waals surface area contributed by atoms with E-state index in [-0.39, 0.29) is 12.5 Å². The molecule has 0 radical (unpaired) electrons. The number of carbonyl (C=O) groups is 1. The van der Waals surface area contributed by atoms with Gasteiger partial charge in [-0.25, -0.2) is 0 Å². The highest BCUT2D eigenvalue weighted by Gasteiger charge is 2.10. The number of likely N-dealkylation sites (N-methyl/N-ethyl adjacent to an activating group) is 1. The Morgan fingerprint density at radius 3 is 2.65 bits per heavy atom. The van der Waals surface area contributed by atoms with Crippen LogP contribution in [0.1, 0.15) is 13.8 Å². The van der Waals surface area contributed by atoms with Gasteiger partial charge >= 0.3 is 0 Å². The minimum Gasteiger partial charge on any atom is -0.396 e. The molecule has 17 heavy (non-hydrogen) atoms. The Morgan fingerprint density at radius 2 is 2.06 bits per heavy atom. The Hall–Kier alpha value is -1.42. The summed E-state index contributed by atoms with van der Waals surface area (Å²) in [5, 5.41) is 3.49. The van der Waals surface area contributed by atoms with E-state index in [0.717, 1.165) is 0 Å². The van der Waals surface area contributed by atoms with Crippen LogP contribution in [0.15, 0.2) is 18.2 Å². The number of nitrogens with one attached hydrogen (secondary N) is 1. The van der Waals surface area contributed by atoms with Crippen molar-refractivity contribution < 1.29 is 4.79 Å². The summed E-state index contributed by atoms with van der Waals surface area (Å²) in [5.41, 5.74) is 6.96. The molecule has 1 aromatic carbocycles. The maximum Gasteiger partial charge on any atom is 0.241 e. The summed E-state index contributed by atoms with van der Waals surface area (Å²) >= 11 is 5.89. The first-order valence-electron chi connectivity index (χ1n) is 5.65. The van der Waals surface area contributed by atoms with Crippen LogP contribution in [0.3, 0.4) is 0 Å². The highest BCUT2D eigenvalue weighted by Crippen LogP contribution is 2.26. The average molecular weight is 256 g/mol. The number of hydrogen-bond acceptors (Lipinski definition) is 3. The van der Waals surface area contributed by atoms with Crippen molar-refractivity contribution in [1.82, 2.24) is 4.90 Å². The van der Waals surface area contributed by atoms with Crippen molar-refractivity contribution in [3.05, 3.63) is 23.2 Å². The van der Waals surface area contributed by atoms with Gasteiger partial charge < -0.3 is 16.0 Å². The van der Waals surface area contributed by atoms with Crippen molar-refractivity contribution in [2.24, 2.45) is 0 Å². The normalized spacial score (nSPS) is 10.1. The minimum absolute atomic E-state index is 0.0503. The fourth-order valence-corrected chi connectivity index (χ4v) is 1.72. The van der Waals surface area contributed by atoms with Crippen molar-refractivity contribution in [3.8, 4) is 0 Å². The van der Waals surface area contributed by atoms with Crippen molar-refractivity contribution in [3.63, 3.8) is 0 Å². The first-order valence-corrected chi connectivity index (χ1v) is 6.03. The molecular weight excluding hydrogens is 238 g/mol. The van der Waals surface area contributed by atoms with Gasteiger partial charge in [0.2, 0.25) is 5.91 Å². The number of halogens is 1. The molecule has 1 amide bonds. The number of hydrogen-bond donors (Lipinski definition) is 2. The monoisotopic (exact) mass is 255 g/mol. The Balaban J connectivity index is 2.61. The smallest absolute Gasteiger partial charge is 0.241 e. The van der Waals surface area contributed by atoms with Crippen LogP contribution in [0.4, 0.5) is 11.4 Å². The first-order chi connectivity index (χ1) is 8.10. The van der Waals surface area contributed by atoms with Gasteiger partial charge in [0.1, 0.15) is 0 Å². The third-order valence-corrected chi connectivity index (χ3v) is 2.93. The second-order valence-electron chi connectivity index (χ2n) is 3.62. The number of carbonyl (C=O) groups excluding carboxylic acids is 1. The van der Waals surface area contributed by atoms with Gasteiger partial charge in [0, 0.05) is 13.1 Å².